The molecule has 1 atom stereocenters. The maximum Gasteiger partial charge on any atom is 0.305 e. The molecule has 0 radical (unpaired) electrons. The summed E-state index contributed by atoms with van der Waals surface area (Å²) in [5.41, 5.74) is 0.337. The van der Waals surface area contributed by atoms with E-state index in [0.717, 1.165) is 12.8 Å². The molecule has 0 aliphatic heterocycles. The Labute approximate surface area is 174 Å². The molecular formula is C21H28BrNO5. The summed E-state index contributed by atoms with van der Waals surface area (Å²) < 4.78 is 11.2. The summed E-state index contributed by atoms with van der Waals surface area (Å²) in [6.07, 6.45) is 9.06. The van der Waals surface area contributed by atoms with Crippen LogP contribution in [0.3, 0.4) is 0 Å². The number of ketones is 2. The Morgan fingerprint density at radius 3 is 2.64 bits per heavy atom. The van der Waals surface area contributed by atoms with Crippen LogP contribution < -0.4 is 0 Å². The van der Waals surface area contributed by atoms with Gasteiger partial charge in [-0.15, -0.1) is 0 Å². The van der Waals surface area contributed by atoms with Crippen molar-refractivity contribution in [3.8, 4) is 0 Å². The van der Waals surface area contributed by atoms with Gasteiger partial charge in [-0.3, -0.25) is 19.4 Å². The zero-order chi connectivity index (χ0) is 20.4. The highest BCUT2D eigenvalue weighted by Gasteiger charge is 2.29. The first-order chi connectivity index (χ1) is 13.5. The maximum absolute atomic E-state index is 12.9. The average Bonchev–Trinajstić information content (AvgIpc) is 2.69. The van der Waals surface area contributed by atoms with Gasteiger partial charge in [0.05, 0.1) is 12.5 Å². The molecule has 1 aliphatic rings. The lowest BCUT2D eigenvalue weighted by molar-refractivity contribution is -0.143. The summed E-state index contributed by atoms with van der Waals surface area (Å²) in [6, 6.07) is 1.63. The summed E-state index contributed by atoms with van der Waals surface area (Å²) in [4.78, 5) is 41.3. The number of Topliss-reactive ketones (excluding diaryl/α,β-unsaturated/α-hetero) is 2. The number of rotatable bonds is 11. The molecule has 0 N–H and O–H groups in total. The van der Waals surface area contributed by atoms with Gasteiger partial charge in [-0.05, 0) is 54.1 Å². The van der Waals surface area contributed by atoms with Crippen molar-refractivity contribution in [2.45, 2.75) is 51.9 Å². The molecule has 1 aromatic rings. The third-order valence-electron chi connectivity index (χ3n) is 4.96. The zero-order valence-electron chi connectivity index (χ0n) is 16.3. The summed E-state index contributed by atoms with van der Waals surface area (Å²) >= 11 is 3.29. The minimum absolute atomic E-state index is 0.0139. The highest BCUT2D eigenvalue weighted by atomic mass is 79.9. The molecule has 6 nitrogen and oxygen atoms in total. The molecule has 1 heterocycles. The highest BCUT2D eigenvalue weighted by molar-refractivity contribution is 9.10. The number of hydrogen-bond acceptors (Lipinski definition) is 6. The molecule has 1 unspecified atom stereocenters. The van der Waals surface area contributed by atoms with Crippen LogP contribution in [0, 0.1) is 11.8 Å². The summed E-state index contributed by atoms with van der Waals surface area (Å²) in [5.74, 6) is -1.51. The number of carbonyl (C=O) groups excluding carboxylic acids is 3. The lowest BCUT2D eigenvalue weighted by Crippen LogP contribution is -2.29. The van der Waals surface area contributed by atoms with Crippen LogP contribution in [0.15, 0.2) is 22.9 Å². The van der Waals surface area contributed by atoms with Crippen LogP contribution >= 0.6 is 15.9 Å². The molecule has 2 rings (SSSR count). The molecule has 0 aromatic carbocycles. The molecule has 0 amide bonds. The van der Waals surface area contributed by atoms with Crippen LogP contribution in [0.1, 0.15) is 62.2 Å². The Hall–Kier alpha value is -1.60. The van der Waals surface area contributed by atoms with Crippen LogP contribution in [0.4, 0.5) is 0 Å². The molecule has 1 saturated carbocycles. The number of esters is 1. The monoisotopic (exact) mass is 453 g/mol. The largest absolute Gasteiger partial charge is 0.466 e. The maximum atomic E-state index is 12.9. The van der Waals surface area contributed by atoms with Crippen molar-refractivity contribution in [1.82, 2.24) is 4.98 Å². The van der Waals surface area contributed by atoms with Gasteiger partial charge in [0.25, 0.3) is 0 Å². The van der Waals surface area contributed by atoms with Gasteiger partial charge in [0.2, 0.25) is 0 Å². The van der Waals surface area contributed by atoms with Gasteiger partial charge >= 0.3 is 5.97 Å². The lowest BCUT2D eigenvalue weighted by atomic mass is 9.89. The number of carbonyl (C=O) groups is 3. The number of ether oxygens (including phenoxy) is 2. The van der Waals surface area contributed by atoms with Gasteiger partial charge in [0.15, 0.2) is 11.6 Å². The van der Waals surface area contributed by atoms with E-state index >= 15 is 0 Å². The number of halogens is 1. The van der Waals surface area contributed by atoms with Crippen LogP contribution in [-0.2, 0) is 19.1 Å². The molecule has 1 fully saturated rings. The van der Waals surface area contributed by atoms with E-state index < -0.39 is 11.9 Å². The van der Waals surface area contributed by atoms with E-state index in [2.05, 4.69) is 20.9 Å². The second-order valence-corrected chi connectivity index (χ2v) is 8.05. The number of hydrogen-bond donors (Lipinski definition) is 0. The van der Waals surface area contributed by atoms with Crippen LogP contribution in [0.5, 0.6) is 0 Å². The van der Waals surface area contributed by atoms with E-state index in [1.807, 2.05) is 0 Å². The van der Waals surface area contributed by atoms with Gasteiger partial charge in [-0.25, -0.2) is 0 Å². The molecule has 7 heteroatoms. The van der Waals surface area contributed by atoms with Crippen molar-refractivity contribution in [2.75, 3.05) is 19.8 Å². The van der Waals surface area contributed by atoms with Crippen molar-refractivity contribution >= 4 is 33.5 Å². The predicted molar refractivity (Wildman–Crippen MR) is 108 cm³/mol. The molecule has 0 spiro atoms. The Bertz CT molecular complexity index is 673. The molecular weight excluding hydrogens is 426 g/mol. The summed E-state index contributed by atoms with van der Waals surface area (Å²) in [5, 5.41) is 0. The molecule has 28 heavy (non-hydrogen) atoms. The van der Waals surface area contributed by atoms with Gasteiger partial charge in [0, 0.05) is 35.5 Å². The first-order valence-electron chi connectivity index (χ1n) is 9.92. The summed E-state index contributed by atoms with van der Waals surface area (Å²) in [7, 11) is 0. The first-order valence-corrected chi connectivity index (χ1v) is 10.7. The topological polar surface area (TPSA) is 82.6 Å². The van der Waals surface area contributed by atoms with E-state index in [9.17, 15) is 14.4 Å². The van der Waals surface area contributed by atoms with E-state index in [0.29, 0.717) is 22.6 Å². The molecule has 154 valence electrons. The lowest BCUT2D eigenvalue weighted by Gasteiger charge is -2.21. The van der Waals surface area contributed by atoms with Crippen LogP contribution in [-0.4, -0.2) is 42.3 Å². The second-order valence-electron chi connectivity index (χ2n) is 7.14. The van der Waals surface area contributed by atoms with Gasteiger partial charge in [0.1, 0.15) is 6.61 Å². The van der Waals surface area contributed by atoms with E-state index in [4.69, 9.17) is 9.47 Å². The fraction of sp³-hybridized carbons (Fsp3) is 0.619. The standard InChI is InChI=1S/C21H28BrNO5/c1-2-28-20(25)9-8-18(21(26)16-10-17(22)12-23-11-16)19(24)14-27-13-15-6-4-3-5-7-15/h10-12,15,18H,2-9,13-14H2,1H3. The third-order valence-corrected chi connectivity index (χ3v) is 5.39. The average molecular weight is 454 g/mol. The SMILES string of the molecule is CCOC(=O)CCC(C(=O)COCC1CCCCC1)C(=O)c1cncc(Br)c1. The predicted octanol–water partition coefficient (Wildman–Crippen LogP) is 4.15. The van der Waals surface area contributed by atoms with E-state index in [1.54, 1.807) is 19.2 Å². The highest BCUT2D eigenvalue weighted by Crippen LogP contribution is 2.24. The Kier molecular flexibility index (Phi) is 9.78. The normalized spacial score (nSPS) is 15.8. The van der Waals surface area contributed by atoms with Crippen molar-refractivity contribution in [2.24, 2.45) is 11.8 Å². The van der Waals surface area contributed by atoms with Gasteiger partial charge < -0.3 is 9.47 Å². The third kappa shape index (κ3) is 7.43. The Morgan fingerprint density at radius 2 is 1.96 bits per heavy atom. The smallest absolute Gasteiger partial charge is 0.305 e. The molecule has 1 aliphatic carbocycles. The van der Waals surface area contributed by atoms with Crippen LogP contribution in [0.25, 0.3) is 0 Å². The molecule has 0 bridgehead atoms. The summed E-state index contributed by atoms with van der Waals surface area (Å²) in [6.45, 7) is 2.42. The van der Waals surface area contributed by atoms with E-state index in [1.165, 1.54) is 25.5 Å². The fourth-order valence-corrected chi connectivity index (χ4v) is 3.83. The second kappa shape index (κ2) is 12.1. The Balaban J connectivity index is 1.98. The fourth-order valence-electron chi connectivity index (χ4n) is 3.46. The molecule has 0 saturated heterocycles. The van der Waals surface area contributed by atoms with E-state index in [-0.39, 0.29) is 37.6 Å². The van der Waals surface area contributed by atoms with Crippen molar-refractivity contribution in [3.05, 3.63) is 28.5 Å². The van der Waals surface area contributed by atoms with Gasteiger partial charge in [-0.1, -0.05) is 19.3 Å². The van der Waals surface area contributed by atoms with Crippen molar-refractivity contribution < 1.29 is 23.9 Å². The minimum Gasteiger partial charge on any atom is -0.466 e. The Morgan fingerprint density at radius 1 is 1.21 bits per heavy atom. The molecule has 1 aromatic heterocycles. The van der Waals surface area contributed by atoms with Gasteiger partial charge in [-0.2, -0.15) is 0 Å². The first kappa shape index (κ1) is 22.7. The van der Waals surface area contributed by atoms with Crippen molar-refractivity contribution in [3.63, 3.8) is 0 Å². The minimum atomic E-state index is -0.938. The van der Waals surface area contributed by atoms with Crippen LogP contribution in [0.2, 0.25) is 0 Å². The number of nitrogens with zero attached hydrogens (tertiary/aromatic N) is 1. The number of aromatic nitrogens is 1. The zero-order valence-corrected chi connectivity index (χ0v) is 17.9. The van der Waals surface area contributed by atoms with Crippen molar-refractivity contribution in [1.29, 1.82) is 0 Å². The number of pyridine rings is 1. The quantitative estimate of drug-likeness (QED) is 0.284.